The highest BCUT2D eigenvalue weighted by Crippen LogP contribution is 2.30. The summed E-state index contributed by atoms with van der Waals surface area (Å²) in [6.45, 7) is 1.23. The highest BCUT2D eigenvalue weighted by atomic mass is 79.9. The Morgan fingerprint density at radius 3 is 2.80 bits per heavy atom. The van der Waals surface area contributed by atoms with Gasteiger partial charge in [0.15, 0.2) is 0 Å². The molecule has 6 heteroatoms. The zero-order valence-corrected chi connectivity index (χ0v) is 14.0. The number of benzene rings is 1. The molecule has 1 heterocycles. The number of hydrogen-bond donors (Lipinski definition) is 1. The van der Waals surface area contributed by atoms with E-state index in [1.807, 2.05) is 24.3 Å². The fourth-order valence-corrected chi connectivity index (χ4v) is 4.30. The largest absolute Gasteiger partial charge is 0.324 e. The topological polar surface area (TPSA) is 63.4 Å². The van der Waals surface area contributed by atoms with Gasteiger partial charge in [0.05, 0.1) is 6.26 Å². The van der Waals surface area contributed by atoms with Crippen molar-refractivity contribution in [3.8, 4) is 0 Å². The molecule has 112 valence electrons. The van der Waals surface area contributed by atoms with Crippen LogP contribution in [0.1, 0.15) is 30.9 Å². The molecule has 0 aliphatic carbocycles. The summed E-state index contributed by atoms with van der Waals surface area (Å²) in [5.41, 5.74) is 7.37. The molecular weight excluding hydrogens is 340 g/mol. The van der Waals surface area contributed by atoms with Crippen LogP contribution in [0.25, 0.3) is 0 Å². The molecule has 0 saturated carbocycles. The smallest absolute Gasteiger partial charge is 0.211 e. The molecule has 0 radical (unpaired) electrons. The quantitative estimate of drug-likeness (QED) is 0.896. The number of rotatable bonds is 4. The molecule has 2 unspecified atom stereocenters. The minimum absolute atomic E-state index is 0.0601. The van der Waals surface area contributed by atoms with E-state index in [9.17, 15) is 8.42 Å². The Morgan fingerprint density at radius 1 is 1.45 bits per heavy atom. The van der Waals surface area contributed by atoms with Crippen LogP contribution < -0.4 is 5.73 Å². The van der Waals surface area contributed by atoms with Gasteiger partial charge in [0.25, 0.3) is 0 Å². The lowest BCUT2D eigenvalue weighted by atomic mass is 9.90. The van der Waals surface area contributed by atoms with Gasteiger partial charge in [-0.05, 0) is 36.8 Å². The van der Waals surface area contributed by atoms with Gasteiger partial charge in [-0.1, -0.05) is 34.1 Å². The van der Waals surface area contributed by atoms with E-state index < -0.39 is 10.0 Å². The first-order valence-electron chi connectivity index (χ1n) is 6.83. The predicted molar refractivity (Wildman–Crippen MR) is 84.8 cm³/mol. The van der Waals surface area contributed by atoms with Crippen molar-refractivity contribution >= 4 is 26.0 Å². The third-order valence-electron chi connectivity index (χ3n) is 3.84. The SMILES string of the molecule is CS(=O)(=O)N1CCCC(CC(N)c2ccccc2Br)C1. The van der Waals surface area contributed by atoms with Gasteiger partial charge in [-0.3, -0.25) is 0 Å². The van der Waals surface area contributed by atoms with Gasteiger partial charge in [0.2, 0.25) is 10.0 Å². The van der Waals surface area contributed by atoms with Crippen molar-refractivity contribution in [1.29, 1.82) is 0 Å². The number of nitrogens with zero attached hydrogens (tertiary/aromatic N) is 1. The van der Waals surface area contributed by atoms with Crippen LogP contribution in [0.5, 0.6) is 0 Å². The Morgan fingerprint density at radius 2 is 2.15 bits per heavy atom. The Kier molecular flexibility index (Phi) is 5.23. The molecule has 1 fully saturated rings. The molecule has 2 N–H and O–H groups in total. The lowest BCUT2D eigenvalue weighted by Crippen LogP contribution is -2.40. The molecule has 1 aliphatic heterocycles. The van der Waals surface area contributed by atoms with Crippen LogP contribution in [0, 0.1) is 5.92 Å². The number of piperidine rings is 1. The Balaban J connectivity index is 2.01. The normalized spacial score (nSPS) is 22.6. The fourth-order valence-electron chi connectivity index (χ4n) is 2.78. The van der Waals surface area contributed by atoms with E-state index in [0.717, 1.165) is 29.3 Å². The van der Waals surface area contributed by atoms with Gasteiger partial charge in [0, 0.05) is 23.6 Å². The van der Waals surface area contributed by atoms with Gasteiger partial charge in [0.1, 0.15) is 0 Å². The van der Waals surface area contributed by atoms with E-state index in [1.165, 1.54) is 6.26 Å². The molecule has 0 amide bonds. The minimum atomic E-state index is -3.08. The van der Waals surface area contributed by atoms with Crippen LogP contribution in [0.3, 0.4) is 0 Å². The molecule has 0 spiro atoms. The minimum Gasteiger partial charge on any atom is -0.324 e. The van der Waals surface area contributed by atoms with Crippen LogP contribution in [0.2, 0.25) is 0 Å². The molecule has 2 rings (SSSR count). The van der Waals surface area contributed by atoms with E-state index in [1.54, 1.807) is 4.31 Å². The summed E-state index contributed by atoms with van der Waals surface area (Å²) < 4.78 is 25.9. The average Bonchev–Trinajstić information content (AvgIpc) is 2.38. The summed E-state index contributed by atoms with van der Waals surface area (Å²) in [6.07, 6.45) is 4.06. The maximum Gasteiger partial charge on any atom is 0.211 e. The summed E-state index contributed by atoms with van der Waals surface area (Å²) in [5, 5.41) is 0. The van der Waals surface area contributed by atoms with Gasteiger partial charge >= 0.3 is 0 Å². The van der Waals surface area contributed by atoms with Crippen molar-refractivity contribution in [2.45, 2.75) is 25.3 Å². The van der Waals surface area contributed by atoms with Gasteiger partial charge in [-0.25, -0.2) is 12.7 Å². The number of halogens is 1. The molecule has 2 atom stereocenters. The van der Waals surface area contributed by atoms with Crippen LogP contribution in [-0.4, -0.2) is 32.1 Å². The highest BCUT2D eigenvalue weighted by molar-refractivity contribution is 9.10. The lowest BCUT2D eigenvalue weighted by Gasteiger charge is -2.32. The van der Waals surface area contributed by atoms with Crippen molar-refractivity contribution in [3.63, 3.8) is 0 Å². The van der Waals surface area contributed by atoms with Gasteiger partial charge in [-0.2, -0.15) is 0 Å². The van der Waals surface area contributed by atoms with Crippen LogP contribution in [-0.2, 0) is 10.0 Å². The summed E-state index contributed by atoms with van der Waals surface area (Å²) in [6, 6.07) is 7.89. The second kappa shape index (κ2) is 6.56. The highest BCUT2D eigenvalue weighted by Gasteiger charge is 2.27. The molecule has 0 aromatic heterocycles. The fraction of sp³-hybridized carbons (Fsp3) is 0.571. The second-order valence-corrected chi connectivity index (χ2v) is 8.33. The molecule has 20 heavy (non-hydrogen) atoms. The summed E-state index contributed by atoms with van der Waals surface area (Å²) in [4.78, 5) is 0. The van der Waals surface area contributed by atoms with E-state index in [4.69, 9.17) is 5.73 Å². The molecule has 0 bridgehead atoms. The number of hydrogen-bond acceptors (Lipinski definition) is 3. The molecule has 4 nitrogen and oxygen atoms in total. The maximum atomic E-state index is 11.6. The second-order valence-electron chi connectivity index (χ2n) is 5.49. The first kappa shape index (κ1) is 15.9. The first-order chi connectivity index (χ1) is 9.38. The first-order valence-corrected chi connectivity index (χ1v) is 9.47. The standard InChI is InChI=1S/C14H21BrN2O2S/c1-20(18,19)17-8-4-5-11(10-17)9-14(16)12-6-2-3-7-13(12)15/h2-3,6-7,11,14H,4-5,8-10,16H2,1H3. The van der Waals surface area contributed by atoms with E-state index >= 15 is 0 Å². The summed E-state index contributed by atoms with van der Waals surface area (Å²) in [5.74, 6) is 0.334. The van der Waals surface area contributed by atoms with E-state index in [-0.39, 0.29) is 6.04 Å². The lowest BCUT2D eigenvalue weighted by molar-refractivity contribution is 0.247. The Hall–Kier alpha value is -0.430. The third-order valence-corrected chi connectivity index (χ3v) is 5.83. The monoisotopic (exact) mass is 360 g/mol. The Labute approximate surface area is 129 Å². The van der Waals surface area contributed by atoms with E-state index in [2.05, 4.69) is 15.9 Å². The molecular formula is C14H21BrN2O2S. The van der Waals surface area contributed by atoms with Crippen LogP contribution in [0.4, 0.5) is 0 Å². The third kappa shape index (κ3) is 4.04. The van der Waals surface area contributed by atoms with Crippen molar-refractivity contribution in [2.24, 2.45) is 11.7 Å². The molecule has 1 aromatic rings. The summed E-state index contributed by atoms with van der Waals surface area (Å²) >= 11 is 3.52. The molecule has 1 saturated heterocycles. The number of nitrogens with two attached hydrogens (primary N) is 1. The molecule has 1 aromatic carbocycles. The molecule has 1 aliphatic rings. The zero-order valence-electron chi connectivity index (χ0n) is 11.6. The van der Waals surface area contributed by atoms with Gasteiger partial charge in [-0.15, -0.1) is 0 Å². The average molecular weight is 361 g/mol. The van der Waals surface area contributed by atoms with E-state index in [0.29, 0.717) is 19.0 Å². The van der Waals surface area contributed by atoms with Gasteiger partial charge < -0.3 is 5.73 Å². The van der Waals surface area contributed by atoms with Crippen LogP contribution in [0.15, 0.2) is 28.7 Å². The van der Waals surface area contributed by atoms with Crippen molar-refractivity contribution in [2.75, 3.05) is 19.3 Å². The van der Waals surface area contributed by atoms with Crippen molar-refractivity contribution in [3.05, 3.63) is 34.3 Å². The predicted octanol–water partition coefficient (Wildman–Crippen LogP) is 2.51. The maximum absolute atomic E-state index is 11.6. The number of sulfonamides is 1. The Bertz CT molecular complexity index is 562. The van der Waals surface area contributed by atoms with Crippen molar-refractivity contribution in [1.82, 2.24) is 4.31 Å². The summed E-state index contributed by atoms with van der Waals surface area (Å²) in [7, 11) is -3.08. The van der Waals surface area contributed by atoms with Crippen molar-refractivity contribution < 1.29 is 8.42 Å². The van der Waals surface area contributed by atoms with Crippen LogP contribution >= 0.6 is 15.9 Å². The zero-order chi connectivity index (χ0) is 14.8.